The molecule has 0 radical (unpaired) electrons. The van der Waals surface area contributed by atoms with Gasteiger partial charge in [-0.05, 0) is 64.9 Å². The summed E-state index contributed by atoms with van der Waals surface area (Å²) in [5, 5.41) is 0. The van der Waals surface area contributed by atoms with Crippen molar-refractivity contribution in [3.05, 3.63) is 29.8 Å². The lowest BCUT2D eigenvalue weighted by atomic mass is 9.73. The van der Waals surface area contributed by atoms with Gasteiger partial charge in [0.1, 0.15) is 23.5 Å². The number of para-hydroxylation sites is 1. The molecule has 0 bridgehead atoms. The van der Waals surface area contributed by atoms with E-state index in [0.29, 0.717) is 5.92 Å². The summed E-state index contributed by atoms with van der Waals surface area (Å²) in [5.41, 5.74) is 0.612. The Kier molecular flexibility index (Phi) is 4.77. The molecular weight excluding hydrogens is 334 g/mol. The van der Waals surface area contributed by atoms with Crippen molar-refractivity contribution in [2.24, 2.45) is 5.92 Å². The molecule has 3 aliphatic rings. The summed E-state index contributed by atoms with van der Waals surface area (Å²) in [7, 11) is 2.35. The quantitative estimate of drug-likeness (QED) is 0.528. The number of quaternary nitrogens is 1. The van der Waals surface area contributed by atoms with Gasteiger partial charge in [0.15, 0.2) is 0 Å². The van der Waals surface area contributed by atoms with Crippen molar-refractivity contribution in [1.82, 2.24) is 0 Å². The van der Waals surface area contributed by atoms with E-state index in [9.17, 15) is 0 Å². The van der Waals surface area contributed by atoms with Crippen LogP contribution >= 0.6 is 0 Å². The number of benzene rings is 1. The van der Waals surface area contributed by atoms with Gasteiger partial charge in [0.05, 0.1) is 26.2 Å². The van der Waals surface area contributed by atoms with Gasteiger partial charge in [-0.15, -0.1) is 0 Å². The van der Waals surface area contributed by atoms with E-state index in [1.807, 2.05) is 6.07 Å². The molecule has 4 rings (SSSR count). The SMILES string of the molecule is CC1(C#CC[N+]2(C)CCCCC2)CCC2[C@@H](O1)c1ccccc1OC2(C)C. The Morgan fingerprint density at radius 3 is 2.63 bits per heavy atom. The van der Waals surface area contributed by atoms with Gasteiger partial charge in [0.2, 0.25) is 0 Å². The van der Waals surface area contributed by atoms with Crippen LogP contribution in [0.3, 0.4) is 0 Å². The Bertz CT molecular complexity index is 753. The average molecular weight is 369 g/mol. The number of hydrogen-bond acceptors (Lipinski definition) is 2. The predicted molar refractivity (Wildman–Crippen MR) is 109 cm³/mol. The summed E-state index contributed by atoms with van der Waals surface area (Å²) in [6.45, 7) is 10.0. The third-order valence-electron chi connectivity index (χ3n) is 6.89. The fourth-order valence-corrected chi connectivity index (χ4v) is 5.11. The van der Waals surface area contributed by atoms with Crippen LogP contribution < -0.4 is 4.74 Å². The predicted octanol–water partition coefficient (Wildman–Crippen LogP) is 4.72. The van der Waals surface area contributed by atoms with E-state index in [4.69, 9.17) is 9.47 Å². The summed E-state index contributed by atoms with van der Waals surface area (Å²) in [6, 6.07) is 8.34. The number of likely N-dealkylation sites (tertiary alicyclic amines) is 1. The molecule has 1 aromatic rings. The van der Waals surface area contributed by atoms with Gasteiger partial charge >= 0.3 is 0 Å². The molecule has 0 saturated carbocycles. The number of ether oxygens (including phenoxy) is 2. The van der Waals surface area contributed by atoms with E-state index in [2.05, 4.69) is 57.9 Å². The summed E-state index contributed by atoms with van der Waals surface area (Å²) in [4.78, 5) is 0. The van der Waals surface area contributed by atoms with Crippen molar-refractivity contribution in [1.29, 1.82) is 0 Å². The number of rotatable bonds is 1. The molecule has 146 valence electrons. The Hall–Kier alpha value is -1.50. The molecule has 0 aliphatic carbocycles. The van der Waals surface area contributed by atoms with Crippen molar-refractivity contribution in [2.75, 3.05) is 26.7 Å². The molecule has 0 N–H and O–H groups in total. The Morgan fingerprint density at radius 1 is 1.11 bits per heavy atom. The second-order valence-corrected chi connectivity index (χ2v) is 9.75. The molecule has 3 heteroatoms. The van der Waals surface area contributed by atoms with Crippen molar-refractivity contribution >= 4 is 0 Å². The van der Waals surface area contributed by atoms with E-state index in [1.54, 1.807) is 0 Å². The lowest BCUT2D eigenvalue weighted by molar-refractivity contribution is -0.907. The fourth-order valence-electron chi connectivity index (χ4n) is 5.11. The molecule has 0 amide bonds. The number of hydrogen-bond donors (Lipinski definition) is 0. The highest BCUT2D eigenvalue weighted by Gasteiger charge is 2.50. The highest BCUT2D eigenvalue weighted by Crippen LogP contribution is 2.52. The lowest BCUT2D eigenvalue weighted by Crippen LogP contribution is -2.51. The van der Waals surface area contributed by atoms with Crippen LogP contribution in [0.1, 0.15) is 64.5 Å². The van der Waals surface area contributed by atoms with Gasteiger partial charge in [-0.3, -0.25) is 0 Å². The molecule has 27 heavy (non-hydrogen) atoms. The van der Waals surface area contributed by atoms with Crippen LogP contribution in [0.25, 0.3) is 0 Å². The summed E-state index contributed by atoms with van der Waals surface area (Å²) in [5.74, 6) is 8.38. The standard InChI is InChI=1S/C24H34NO2/c1-23(2)20-13-15-24(3,14-10-18-25(4)16-8-5-9-17-25)27-22(20)19-11-6-7-12-21(19)26-23/h6-7,11-12,20,22H,5,8-9,13,15-18H2,1-4H3/q+1/t20?,22-,24?/m0/s1. The van der Waals surface area contributed by atoms with Crippen LogP contribution in [-0.2, 0) is 4.74 Å². The molecule has 3 heterocycles. The van der Waals surface area contributed by atoms with Crippen LogP contribution in [0.15, 0.2) is 24.3 Å². The maximum absolute atomic E-state index is 6.70. The first kappa shape index (κ1) is 18.8. The van der Waals surface area contributed by atoms with Gasteiger partial charge in [-0.25, -0.2) is 0 Å². The third kappa shape index (κ3) is 3.75. The van der Waals surface area contributed by atoms with E-state index in [1.165, 1.54) is 37.9 Å². The Balaban J connectivity index is 1.54. The smallest absolute Gasteiger partial charge is 0.140 e. The zero-order chi connectivity index (χ0) is 19.1. The molecule has 1 aromatic carbocycles. The second kappa shape index (κ2) is 6.83. The van der Waals surface area contributed by atoms with Crippen LogP contribution in [0.4, 0.5) is 0 Å². The van der Waals surface area contributed by atoms with Gasteiger partial charge in [-0.1, -0.05) is 24.1 Å². The van der Waals surface area contributed by atoms with Crippen molar-refractivity contribution in [2.45, 2.75) is 70.2 Å². The van der Waals surface area contributed by atoms with E-state index < -0.39 is 0 Å². The molecular formula is C24H34NO2+. The molecule has 2 unspecified atom stereocenters. The van der Waals surface area contributed by atoms with Crippen molar-refractivity contribution in [3.63, 3.8) is 0 Å². The lowest BCUT2D eigenvalue weighted by Gasteiger charge is -2.50. The summed E-state index contributed by atoms with van der Waals surface area (Å²) < 4.78 is 14.1. The van der Waals surface area contributed by atoms with Gasteiger partial charge < -0.3 is 14.0 Å². The van der Waals surface area contributed by atoms with E-state index >= 15 is 0 Å². The van der Waals surface area contributed by atoms with Crippen molar-refractivity contribution in [3.8, 4) is 17.6 Å². The number of piperidine rings is 1. The molecule has 0 spiro atoms. The molecule has 3 aliphatic heterocycles. The molecule has 2 fully saturated rings. The zero-order valence-electron chi connectivity index (χ0n) is 17.4. The van der Waals surface area contributed by atoms with Gasteiger partial charge in [-0.2, -0.15) is 0 Å². The largest absolute Gasteiger partial charge is 0.487 e. The van der Waals surface area contributed by atoms with Gasteiger partial charge in [0.25, 0.3) is 0 Å². The number of fused-ring (bicyclic) bond motifs is 3. The first-order chi connectivity index (χ1) is 12.8. The van der Waals surface area contributed by atoms with E-state index in [0.717, 1.165) is 29.6 Å². The monoisotopic (exact) mass is 368 g/mol. The minimum absolute atomic E-state index is 0.0674. The van der Waals surface area contributed by atoms with Crippen molar-refractivity contribution < 1.29 is 14.0 Å². The highest BCUT2D eigenvalue weighted by atomic mass is 16.5. The summed E-state index contributed by atoms with van der Waals surface area (Å²) >= 11 is 0. The first-order valence-electron chi connectivity index (χ1n) is 10.6. The molecule has 3 nitrogen and oxygen atoms in total. The first-order valence-corrected chi connectivity index (χ1v) is 10.6. The Morgan fingerprint density at radius 2 is 1.85 bits per heavy atom. The minimum Gasteiger partial charge on any atom is -0.487 e. The normalized spacial score (nSPS) is 33.6. The van der Waals surface area contributed by atoms with Crippen LogP contribution in [0, 0.1) is 17.8 Å². The maximum Gasteiger partial charge on any atom is 0.140 e. The van der Waals surface area contributed by atoms with E-state index in [-0.39, 0.29) is 17.3 Å². The Labute approximate surface area is 164 Å². The van der Waals surface area contributed by atoms with Crippen LogP contribution in [-0.4, -0.2) is 42.4 Å². The fraction of sp³-hybridized carbons (Fsp3) is 0.667. The summed E-state index contributed by atoms with van der Waals surface area (Å²) in [6.07, 6.45) is 6.17. The topological polar surface area (TPSA) is 18.5 Å². The molecule has 3 atom stereocenters. The van der Waals surface area contributed by atoms with Crippen LogP contribution in [0.5, 0.6) is 5.75 Å². The van der Waals surface area contributed by atoms with Crippen LogP contribution in [0.2, 0.25) is 0 Å². The highest BCUT2D eigenvalue weighted by molar-refractivity contribution is 5.39. The zero-order valence-corrected chi connectivity index (χ0v) is 17.4. The maximum atomic E-state index is 6.70. The molecule has 2 saturated heterocycles. The third-order valence-corrected chi connectivity index (χ3v) is 6.89. The number of nitrogens with zero attached hydrogens (tertiary/aromatic N) is 1. The van der Waals surface area contributed by atoms with Gasteiger partial charge in [0, 0.05) is 11.5 Å². The average Bonchev–Trinajstić information content (AvgIpc) is 2.61. The molecule has 0 aromatic heterocycles. The minimum atomic E-state index is -0.364. The second-order valence-electron chi connectivity index (χ2n) is 9.75.